The lowest BCUT2D eigenvalue weighted by atomic mass is 10.5. The van der Waals surface area contributed by atoms with Crippen LogP contribution < -0.4 is 0 Å². The molecule has 0 fully saturated rings. The Labute approximate surface area is 91.2 Å². The first-order chi connectivity index (χ1) is 6.55. The van der Waals surface area contributed by atoms with Crippen molar-refractivity contribution >= 4 is 8.07 Å². The van der Waals surface area contributed by atoms with Gasteiger partial charge in [-0.1, -0.05) is 58.1 Å². The fourth-order valence-corrected chi connectivity index (χ4v) is 3.93. The van der Waals surface area contributed by atoms with Gasteiger partial charge in [0.2, 0.25) is 0 Å². The molecule has 84 valence electrons. The highest BCUT2D eigenvalue weighted by Crippen LogP contribution is 2.12. The summed E-state index contributed by atoms with van der Waals surface area (Å²) in [4.78, 5) is 2.45. The fraction of sp³-hybridized carbons (Fsp3) is 0.833. The standard InChI is InChI=1S/C12H27NSi/c1-6-11-14(4,5)12-9-10-13(7-2)8-3/h9,12H,6-8,10-11H2,1-5H3. The highest BCUT2D eigenvalue weighted by molar-refractivity contribution is 6.82. The van der Waals surface area contributed by atoms with Crippen molar-refractivity contribution < 1.29 is 0 Å². The Kier molecular flexibility index (Phi) is 7.20. The zero-order chi connectivity index (χ0) is 11.0. The molecule has 0 atom stereocenters. The maximum Gasteiger partial charge on any atom is 0.0713 e. The molecule has 0 saturated carbocycles. The number of likely N-dealkylation sites (N-methyl/N-ethyl adjacent to an activating group) is 1. The molecule has 0 amide bonds. The molecule has 14 heavy (non-hydrogen) atoms. The van der Waals surface area contributed by atoms with E-state index in [9.17, 15) is 0 Å². The average Bonchev–Trinajstić information content (AvgIpc) is 2.12. The van der Waals surface area contributed by atoms with Crippen molar-refractivity contribution in [1.82, 2.24) is 4.90 Å². The first-order valence-electron chi connectivity index (χ1n) is 5.95. The lowest BCUT2D eigenvalue weighted by molar-refractivity contribution is 0.337. The van der Waals surface area contributed by atoms with Crippen molar-refractivity contribution in [3.8, 4) is 0 Å². The molecule has 0 heterocycles. The largest absolute Gasteiger partial charge is 0.300 e. The van der Waals surface area contributed by atoms with Crippen molar-refractivity contribution in [2.75, 3.05) is 19.6 Å². The molecular weight excluding hydrogens is 186 g/mol. The minimum Gasteiger partial charge on any atom is -0.300 e. The Morgan fingerprint density at radius 2 is 1.64 bits per heavy atom. The third kappa shape index (κ3) is 6.38. The van der Waals surface area contributed by atoms with Gasteiger partial charge in [0.05, 0.1) is 8.07 Å². The summed E-state index contributed by atoms with van der Waals surface area (Å²) in [6.45, 7) is 15.1. The van der Waals surface area contributed by atoms with E-state index in [4.69, 9.17) is 0 Å². The molecule has 0 saturated heterocycles. The summed E-state index contributed by atoms with van der Waals surface area (Å²) >= 11 is 0. The molecule has 0 aromatic carbocycles. The van der Waals surface area contributed by atoms with Crippen molar-refractivity contribution in [2.45, 2.75) is 46.3 Å². The third-order valence-electron chi connectivity index (χ3n) is 2.72. The molecule has 0 spiro atoms. The van der Waals surface area contributed by atoms with Gasteiger partial charge < -0.3 is 4.90 Å². The molecule has 0 radical (unpaired) electrons. The molecule has 0 aliphatic rings. The van der Waals surface area contributed by atoms with Gasteiger partial charge in [-0.2, -0.15) is 0 Å². The predicted molar refractivity (Wildman–Crippen MR) is 69.5 cm³/mol. The normalized spacial score (nSPS) is 13.0. The molecule has 0 aliphatic heterocycles. The number of nitrogens with zero attached hydrogens (tertiary/aromatic N) is 1. The lowest BCUT2D eigenvalue weighted by Gasteiger charge is -2.18. The van der Waals surface area contributed by atoms with E-state index in [1.807, 2.05) is 0 Å². The fourth-order valence-electron chi connectivity index (χ4n) is 1.73. The zero-order valence-corrected chi connectivity index (χ0v) is 11.6. The summed E-state index contributed by atoms with van der Waals surface area (Å²) in [6.07, 6.45) is 3.71. The van der Waals surface area contributed by atoms with Gasteiger partial charge in [0.15, 0.2) is 0 Å². The molecule has 2 heteroatoms. The van der Waals surface area contributed by atoms with Gasteiger partial charge in [-0.05, 0) is 13.1 Å². The van der Waals surface area contributed by atoms with E-state index in [2.05, 4.69) is 50.5 Å². The first-order valence-corrected chi connectivity index (χ1v) is 9.24. The second-order valence-electron chi connectivity index (χ2n) is 4.63. The van der Waals surface area contributed by atoms with Crippen LogP contribution >= 0.6 is 0 Å². The van der Waals surface area contributed by atoms with Crippen molar-refractivity contribution in [3.63, 3.8) is 0 Å². The van der Waals surface area contributed by atoms with Crippen LogP contribution in [-0.2, 0) is 0 Å². The highest BCUT2D eigenvalue weighted by atomic mass is 28.3. The summed E-state index contributed by atoms with van der Waals surface area (Å²) in [5.41, 5.74) is 2.51. The topological polar surface area (TPSA) is 3.24 Å². The highest BCUT2D eigenvalue weighted by Gasteiger charge is 2.14. The van der Waals surface area contributed by atoms with Crippen molar-refractivity contribution in [2.24, 2.45) is 0 Å². The van der Waals surface area contributed by atoms with Crippen LogP contribution in [0.5, 0.6) is 0 Å². The van der Waals surface area contributed by atoms with Crippen LogP contribution in [0.1, 0.15) is 27.2 Å². The van der Waals surface area contributed by atoms with E-state index in [0.29, 0.717) is 0 Å². The number of rotatable bonds is 7. The molecule has 0 N–H and O–H groups in total. The Morgan fingerprint density at radius 1 is 1.07 bits per heavy atom. The third-order valence-corrected chi connectivity index (χ3v) is 5.65. The molecule has 0 unspecified atom stereocenters. The van der Waals surface area contributed by atoms with Crippen molar-refractivity contribution in [1.29, 1.82) is 0 Å². The quantitative estimate of drug-likeness (QED) is 0.585. The summed E-state index contributed by atoms with van der Waals surface area (Å²) < 4.78 is 0. The molecule has 0 aromatic heterocycles. The average molecular weight is 213 g/mol. The van der Waals surface area contributed by atoms with E-state index in [1.165, 1.54) is 12.5 Å². The lowest BCUT2D eigenvalue weighted by Crippen LogP contribution is -2.25. The zero-order valence-electron chi connectivity index (χ0n) is 10.6. The van der Waals surface area contributed by atoms with Gasteiger partial charge in [0.25, 0.3) is 0 Å². The summed E-state index contributed by atoms with van der Waals surface area (Å²) in [7, 11) is -1.00. The van der Waals surface area contributed by atoms with E-state index in [-0.39, 0.29) is 0 Å². The smallest absolute Gasteiger partial charge is 0.0713 e. The Hall–Kier alpha value is -0.0831. The number of hydrogen-bond acceptors (Lipinski definition) is 1. The SMILES string of the molecule is CCC[Si](C)(C)C=CCN(CC)CC. The van der Waals surface area contributed by atoms with E-state index >= 15 is 0 Å². The van der Waals surface area contributed by atoms with Gasteiger partial charge in [-0.25, -0.2) is 0 Å². The van der Waals surface area contributed by atoms with Crippen LogP contribution in [0, 0.1) is 0 Å². The minimum absolute atomic E-state index is 1.00. The van der Waals surface area contributed by atoms with Gasteiger partial charge in [-0.15, -0.1) is 0 Å². The van der Waals surface area contributed by atoms with Crippen LogP contribution in [0.3, 0.4) is 0 Å². The monoisotopic (exact) mass is 213 g/mol. The molecule has 0 aliphatic carbocycles. The van der Waals surface area contributed by atoms with Gasteiger partial charge in [-0.3, -0.25) is 0 Å². The molecule has 1 nitrogen and oxygen atoms in total. The maximum atomic E-state index is 2.51. The molecule has 0 bridgehead atoms. The number of hydrogen-bond donors (Lipinski definition) is 0. The molecule has 0 aromatic rings. The van der Waals surface area contributed by atoms with E-state index in [0.717, 1.165) is 19.6 Å². The predicted octanol–water partition coefficient (Wildman–Crippen LogP) is 3.54. The van der Waals surface area contributed by atoms with Gasteiger partial charge in [0.1, 0.15) is 0 Å². The summed E-state index contributed by atoms with van der Waals surface area (Å²) in [6, 6.07) is 1.42. The van der Waals surface area contributed by atoms with Crippen LogP contribution in [0.15, 0.2) is 11.8 Å². The van der Waals surface area contributed by atoms with E-state index in [1.54, 1.807) is 0 Å². The molecule has 0 rings (SSSR count). The summed E-state index contributed by atoms with van der Waals surface area (Å²) in [5, 5.41) is 0. The van der Waals surface area contributed by atoms with Crippen LogP contribution in [-0.4, -0.2) is 32.6 Å². The van der Waals surface area contributed by atoms with Gasteiger partial charge in [0, 0.05) is 6.54 Å². The van der Waals surface area contributed by atoms with Crippen LogP contribution in [0.4, 0.5) is 0 Å². The van der Waals surface area contributed by atoms with Crippen LogP contribution in [0.25, 0.3) is 0 Å². The minimum atomic E-state index is -1.00. The molecular formula is C12H27NSi. The van der Waals surface area contributed by atoms with E-state index < -0.39 is 8.07 Å². The maximum absolute atomic E-state index is 2.51. The Morgan fingerprint density at radius 3 is 2.07 bits per heavy atom. The Bertz CT molecular complexity index is 160. The second-order valence-corrected chi connectivity index (χ2v) is 9.44. The van der Waals surface area contributed by atoms with Crippen LogP contribution in [0.2, 0.25) is 19.1 Å². The van der Waals surface area contributed by atoms with Gasteiger partial charge >= 0.3 is 0 Å². The van der Waals surface area contributed by atoms with Crippen molar-refractivity contribution in [3.05, 3.63) is 11.8 Å². The second kappa shape index (κ2) is 7.24. The summed E-state index contributed by atoms with van der Waals surface area (Å²) in [5.74, 6) is 0. The Balaban J connectivity index is 3.91. The first kappa shape index (κ1) is 13.9.